The molecule has 1 N–H and O–H groups in total. The molecular weight excluding hydrogens is 293 g/mol. The molecule has 0 spiro atoms. The van der Waals surface area contributed by atoms with Gasteiger partial charge in [-0.25, -0.2) is 14.0 Å². The van der Waals surface area contributed by atoms with Crippen LogP contribution in [-0.4, -0.2) is 31.7 Å². The molecule has 1 aliphatic rings. The standard InChI is InChI=1S/C11H6FNO6S/c12-6-1-3-7(4-2-6)19-11(16)9-8(10(14)15)5-13-20(9,17)18/h1-5H,(H,14,15). The molecule has 0 bridgehead atoms. The van der Waals surface area contributed by atoms with E-state index in [-0.39, 0.29) is 5.75 Å². The Balaban J connectivity index is 2.35. The number of hydrogen-bond acceptors (Lipinski definition) is 5. The highest BCUT2D eigenvalue weighted by Crippen LogP contribution is 2.23. The molecule has 0 aliphatic carbocycles. The average Bonchev–Trinajstić information content (AvgIpc) is 2.68. The predicted molar refractivity (Wildman–Crippen MR) is 64.1 cm³/mol. The SMILES string of the molecule is O=C(O)C1=C(C(=O)Oc2ccc(F)cc2)S(=O)(=O)N=C1. The Hall–Kier alpha value is -2.55. The Morgan fingerprint density at radius 1 is 1.20 bits per heavy atom. The van der Waals surface area contributed by atoms with E-state index in [9.17, 15) is 22.4 Å². The summed E-state index contributed by atoms with van der Waals surface area (Å²) in [5, 5.41) is 8.80. The summed E-state index contributed by atoms with van der Waals surface area (Å²) in [6.07, 6.45) is 0.554. The Morgan fingerprint density at radius 2 is 1.80 bits per heavy atom. The minimum Gasteiger partial charge on any atom is -0.478 e. The quantitative estimate of drug-likeness (QED) is 0.642. The molecule has 1 aromatic carbocycles. The van der Waals surface area contributed by atoms with Gasteiger partial charge in [0.25, 0.3) is 10.0 Å². The molecular formula is C11H6FNO6S. The van der Waals surface area contributed by atoms with E-state index < -0.39 is 38.3 Å². The van der Waals surface area contributed by atoms with E-state index in [4.69, 9.17) is 5.11 Å². The van der Waals surface area contributed by atoms with Crippen LogP contribution in [0.3, 0.4) is 0 Å². The number of carboxylic acids is 1. The zero-order valence-electron chi connectivity index (χ0n) is 9.61. The maximum atomic E-state index is 12.7. The van der Waals surface area contributed by atoms with E-state index in [1.165, 1.54) is 0 Å². The van der Waals surface area contributed by atoms with Crippen LogP contribution in [0.2, 0.25) is 0 Å². The van der Waals surface area contributed by atoms with E-state index in [1.54, 1.807) is 0 Å². The maximum absolute atomic E-state index is 12.7. The van der Waals surface area contributed by atoms with Gasteiger partial charge in [-0.1, -0.05) is 0 Å². The summed E-state index contributed by atoms with van der Waals surface area (Å²) < 4.78 is 43.3. The van der Waals surface area contributed by atoms with Crippen LogP contribution < -0.4 is 4.74 Å². The molecule has 1 heterocycles. The molecule has 0 saturated heterocycles. The smallest absolute Gasteiger partial charge is 0.358 e. The second kappa shape index (κ2) is 4.85. The highest BCUT2D eigenvalue weighted by atomic mass is 32.2. The molecule has 20 heavy (non-hydrogen) atoms. The highest BCUT2D eigenvalue weighted by molar-refractivity contribution is 7.95. The van der Waals surface area contributed by atoms with Crippen molar-refractivity contribution < 1.29 is 32.2 Å². The first-order chi connectivity index (χ1) is 9.31. The van der Waals surface area contributed by atoms with Crippen molar-refractivity contribution in [3.05, 3.63) is 40.6 Å². The lowest BCUT2D eigenvalue weighted by Gasteiger charge is -2.04. The van der Waals surface area contributed by atoms with Crippen molar-refractivity contribution in [3.63, 3.8) is 0 Å². The number of esters is 1. The fraction of sp³-hybridized carbons (Fsp3) is 0. The zero-order valence-corrected chi connectivity index (χ0v) is 10.4. The van der Waals surface area contributed by atoms with Gasteiger partial charge in [0.1, 0.15) is 17.1 Å². The Kier molecular flexibility index (Phi) is 3.36. The molecule has 0 atom stereocenters. The van der Waals surface area contributed by atoms with Crippen molar-refractivity contribution in [2.45, 2.75) is 0 Å². The number of rotatable bonds is 3. The maximum Gasteiger partial charge on any atom is 0.358 e. The van der Waals surface area contributed by atoms with Gasteiger partial charge in [-0.3, -0.25) is 0 Å². The number of hydrogen-bond donors (Lipinski definition) is 1. The number of ether oxygens (including phenoxy) is 1. The summed E-state index contributed by atoms with van der Waals surface area (Å²) in [5.41, 5.74) is -0.780. The molecule has 0 unspecified atom stereocenters. The van der Waals surface area contributed by atoms with Gasteiger partial charge >= 0.3 is 11.9 Å². The number of carboxylic acid groups (broad SMARTS) is 1. The van der Waals surface area contributed by atoms with Gasteiger partial charge < -0.3 is 9.84 Å². The first-order valence-electron chi connectivity index (χ1n) is 5.07. The van der Waals surface area contributed by atoms with Crippen molar-refractivity contribution in [3.8, 4) is 5.75 Å². The van der Waals surface area contributed by atoms with Crippen LogP contribution in [0, 0.1) is 5.82 Å². The summed E-state index contributed by atoms with van der Waals surface area (Å²) in [6, 6.07) is 4.18. The van der Waals surface area contributed by atoms with E-state index in [0.717, 1.165) is 24.3 Å². The number of carbonyl (C=O) groups excluding carboxylic acids is 1. The van der Waals surface area contributed by atoms with Crippen molar-refractivity contribution in [2.75, 3.05) is 0 Å². The summed E-state index contributed by atoms with van der Waals surface area (Å²) in [4.78, 5) is 21.5. The molecule has 9 heteroatoms. The zero-order chi connectivity index (χ0) is 14.9. The third-order valence-corrected chi connectivity index (χ3v) is 3.55. The summed E-state index contributed by atoms with van der Waals surface area (Å²) in [6.45, 7) is 0. The lowest BCUT2D eigenvalue weighted by Crippen LogP contribution is -2.19. The number of halogens is 1. The summed E-state index contributed by atoms with van der Waals surface area (Å²) >= 11 is 0. The van der Waals surface area contributed by atoms with E-state index in [1.807, 2.05) is 0 Å². The van der Waals surface area contributed by atoms with Gasteiger partial charge in [-0.05, 0) is 24.3 Å². The molecule has 0 amide bonds. The molecule has 1 aromatic rings. The minimum atomic E-state index is -4.39. The van der Waals surface area contributed by atoms with Crippen LogP contribution in [0.25, 0.3) is 0 Å². The second-order valence-electron chi connectivity index (χ2n) is 3.60. The molecule has 104 valence electrons. The van der Waals surface area contributed by atoms with E-state index in [2.05, 4.69) is 9.13 Å². The van der Waals surface area contributed by atoms with Gasteiger partial charge in [0.15, 0.2) is 4.91 Å². The highest BCUT2D eigenvalue weighted by Gasteiger charge is 2.36. The van der Waals surface area contributed by atoms with Crippen molar-refractivity contribution in [2.24, 2.45) is 4.40 Å². The Labute approximate surface area is 112 Å². The van der Waals surface area contributed by atoms with Gasteiger partial charge in [0, 0.05) is 0 Å². The minimum absolute atomic E-state index is 0.129. The molecule has 1 aliphatic heterocycles. The third kappa shape index (κ3) is 2.57. The normalized spacial score (nSPS) is 16.2. The lowest BCUT2D eigenvalue weighted by molar-refractivity contribution is -0.133. The largest absolute Gasteiger partial charge is 0.478 e. The van der Waals surface area contributed by atoms with Gasteiger partial charge in [0.2, 0.25) is 0 Å². The lowest BCUT2D eigenvalue weighted by atomic mass is 10.2. The van der Waals surface area contributed by atoms with Crippen molar-refractivity contribution in [1.82, 2.24) is 0 Å². The van der Waals surface area contributed by atoms with Crippen molar-refractivity contribution in [1.29, 1.82) is 0 Å². The summed E-state index contributed by atoms with van der Waals surface area (Å²) in [7, 11) is -4.39. The molecule has 0 fully saturated rings. The van der Waals surface area contributed by atoms with Crippen LogP contribution in [0.15, 0.2) is 39.1 Å². The van der Waals surface area contributed by atoms with E-state index >= 15 is 0 Å². The molecule has 0 radical (unpaired) electrons. The second-order valence-corrected chi connectivity index (χ2v) is 5.17. The third-order valence-electron chi connectivity index (χ3n) is 2.26. The molecule has 0 saturated carbocycles. The number of benzene rings is 1. The Bertz CT molecular complexity index is 748. The topological polar surface area (TPSA) is 110 Å². The first kappa shape index (κ1) is 13.9. The number of aliphatic carboxylic acids is 1. The van der Waals surface area contributed by atoms with Crippen LogP contribution in [0.1, 0.15) is 0 Å². The van der Waals surface area contributed by atoms with Crippen LogP contribution in [-0.2, 0) is 19.6 Å². The number of sulfonamides is 1. The van der Waals surface area contributed by atoms with Crippen molar-refractivity contribution >= 4 is 28.2 Å². The van der Waals surface area contributed by atoms with Gasteiger partial charge in [0.05, 0.1) is 6.21 Å². The monoisotopic (exact) mass is 299 g/mol. The molecule has 0 aromatic heterocycles. The fourth-order valence-corrected chi connectivity index (χ4v) is 2.42. The van der Waals surface area contributed by atoms with Crippen LogP contribution in [0.4, 0.5) is 4.39 Å². The van der Waals surface area contributed by atoms with Crippen LogP contribution in [0.5, 0.6) is 5.75 Å². The Morgan fingerprint density at radius 3 is 2.35 bits per heavy atom. The average molecular weight is 299 g/mol. The summed E-state index contributed by atoms with van der Waals surface area (Å²) in [5.74, 6) is -3.73. The van der Waals surface area contributed by atoms with Crippen LogP contribution >= 0.6 is 0 Å². The predicted octanol–water partition coefficient (Wildman–Crippen LogP) is 0.484. The molecule has 2 rings (SSSR count). The van der Waals surface area contributed by atoms with E-state index in [0.29, 0.717) is 6.21 Å². The number of nitrogens with zero attached hydrogens (tertiary/aromatic N) is 1. The first-order valence-corrected chi connectivity index (χ1v) is 6.51. The van der Waals surface area contributed by atoms with Gasteiger partial charge in [-0.15, -0.1) is 0 Å². The molecule has 7 nitrogen and oxygen atoms in total. The fourth-order valence-electron chi connectivity index (χ4n) is 1.40. The number of carbonyl (C=O) groups is 2. The van der Waals surface area contributed by atoms with Gasteiger partial charge in [-0.2, -0.15) is 12.8 Å².